The molecule has 38 heavy (non-hydrogen) atoms. The number of benzene rings is 1. The number of thiazole rings is 1. The third-order valence-electron chi connectivity index (χ3n) is 5.69. The van der Waals surface area contributed by atoms with Gasteiger partial charge in [0.15, 0.2) is 0 Å². The molecule has 1 unspecified atom stereocenters. The fraction of sp³-hybridized carbons (Fsp3) is 0.308. The van der Waals surface area contributed by atoms with Crippen LogP contribution >= 0.6 is 11.3 Å². The molecule has 1 atom stereocenters. The van der Waals surface area contributed by atoms with Crippen molar-refractivity contribution in [3.8, 4) is 11.3 Å². The molecule has 1 aromatic carbocycles. The van der Waals surface area contributed by atoms with E-state index in [-0.39, 0.29) is 17.9 Å². The summed E-state index contributed by atoms with van der Waals surface area (Å²) in [6.07, 6.45) is 6.48. The van der Waals surface area contributed by atoms with Gasteiger partial charge in [-0.1, -0.05) is 32.9 Å². The molecule has 0 aliphatic heterocycles. The molecule has 4 aromatic rings. The van der Waals surface area contributed by atoms with Gasteiger partial charge in [-0.15, -0.1) is 11.3 Å². The molecule has 198 valence electrons. The number of aliphatic carboxylic acids is 1. The van der Waals surface area contributed by atoms with Crippen molar-refractivity contribution in [2.45, 2.75) is 52.2 Å². The topological polar surface area (TPSA) is 161 Å². The normalized spacial score (nSPS) is 12.2. The minimum Gasteiger partial charge on any atom is -0.480 e. The Bertz CT molecular complexity index is 1460. The summed E-state index contributed by atoms with van der Waals surface area (Å²) in [6.45, 7) is 8.66. The van der Waals surface area contributed by atoms with E-state index in [1.165, 1.54) is 16.0 Å². The molecular weight excluding hydrogens is 504 g/mol. The van der Waals surface area contributed by atoms with E-state index in [4.69, 9.17) is 10.8 Å². The van der Waals surface area contributed by atoms with Crippen LogP contribution in [0.15, 0.2) is 49.1 Å². The van der Waals surface area contributed by atoms with Crippen LogP contribution in [-0.4, -0.2) is 47.8 Å². The molecule has 1 amide bonds. The Kier molecular flexibility index (Phi) is 7.83. The van der Waals surface area contributed by atoms with E-state index in [9.17, 15) is 9.59 Å². The molecule has 0 aliphatic carbocycles. The summed E-state index contributed by atoms with van der Waals surface area (Å²) < 4.78 is 1.45. The SMILES string of the molecule is Cc1cc(-c2ccnc(Nc3cnn(CC(N)C(=O)O)c3)n2)ccc1CNC(=O)c1cnc(C(C)(C)C)s1. The fourth-order valence-corrected chi connectivity index (χ4v) is 4.45. The van der Waals surface area contributed by atoms with Crippen molar-refractivity contribution >= 4 is 34.8 Å². The second kappa shape index (κ2) is 11.1. The molecule has 3 aromatic heterocycles. The van der Waals surface area contributed by atoms with Crippen molar-refractivity contribution in [2.75, 3.05) is 5.32 Å². The number of hydrogen-bond donors (Lipinski definition) is 4. The Balaban J connectivity index is 1.40. The highest BCUT2D eigenvalue weighted by Crippen LogP contribution is 2.27. The number of nitrogens with zero attached hydrogens (tertiary/aromatic N) is 5. The lowest BCUT2D eigenvalue weighted by molar-refractivity contribution is -0.138. The summed E-state index contributed by atoms with van der Waals surface area (Å²) >= 11 is 1.42. The first-order valence-electron chi connectivity index (χ1n) is 11.9. The van der Waals surface area contributed by atoms with Crippen LogP contribution < -0.4 is 16.4 Å². The van der Waals surface area contributed by atoms with Gasteiger partial charge >= 0.3 is 5.97 Å². The first-order valence-corrected chi connectivity index (χ1v) is 12.8. The first-order chi connectivity index (χ1) is 18.0. The number of aryl methyl sites for hydroxylation is 1. The number of amides is 1. The molecule has 0 bridgehead atoms. The van der Waals surface area contributed by atoms with Crippen LogP contribution in [0.1, 0.15) is 46.6 Å². The fourth-order valence-electron chi connectivity index (χ4n) is 3.56. The van der Waals surface area contributed by atoms with Crippen molar-refractivity contribution in [3.05, 3.63) is 70.1 Å². The zero-order valence-corrected chi connectivity index (χ0v) is 22.4. The van der Waals surface area contributed by atoms with Crippen LogP contribution in [0.5, 0.6) is 0 Å². The predicted octanol–water partition coefficient (Wildman–Crippen LogP) is 3.49. The van der Waals surface area contributed by atoms with E-state index in [1.807, 2.05) is 31.2 Å². The van der Waals surface area contributed by atoms with E-state index in [0.29, 0.717) is 23.1 Å². The van der Waals surface area contributed by atoms with Crippen LogP contribution in [0.3, 0.4) is 0 Å². The monoisotopic (exact) mass is 534 g/mol. The molecule has 0 spiro atoms. The lowest BCUT2D eigenvalue weighted by Gasteiger charge is -2.13. The largest absolute Gasteiger partial charge is 0.480 e. The number of carboxylic acid groups (broad SMARTS) is 1. The van der Waals surface area contributed by atoms with Crippen LogP contribution in [0.4, 0.5) is 11.6 Å². The number of carbonyl (C=O) groups is 2. The van der Waals surface area contributed by atoms with Crippen LogP contribution in [0, 0.1) is 6.92 Å². The molecule has 12 heteroatoms. The van der Waals surface area contributed by atoms with Gasteiger partial charge < -0.3 is 21.5 Å². The number of anilines is 2. The molecule has 0 saturated carbocycles. The average molecular weight is 535 g/mol. The molecule has 4 rings (SSSR count). The maximum absolute atomic E-state index is 12.6. The van der Waals surface area contributed by atoms with Gasteiger partial charge in [0.25, 0.3) is 5.91 Å². The van der Waals surface area contributed by atoms with Gasteiger partial charge in [0.1, 0.15) is 10.9 Å². The van der Waals surface area contributed by atoms with Crippen molar-refractivity contribution in [2.24, 2.45) is 5.73 Å². The maximum Gasteiger partial charge on any atom is 0.322 e. The summed E-state index contributed by atoms with van der Waals surface area (Å²) in [5.41, 5.74) is 9.73. The Labute approximate surface area is 224 Å². The molecular formula is C26H30N8O3S. The summed E-state index contributed by atoms with van der Waals surface area (Å²) in [5.74, 6) is -0.858. The highest BCUT2D eigenvalue weighted by molar-refractivity contribution is 7.13. The Morgan fingerprint density at radius 2 is 1.97 bits per heavy atom. The molecule has 0 aliphatic rings. The Morgan fingerprint density at radius 3 is 2.66 bits per heavy atom. The number of nitrogens with two attached hydrogens (primary N) is 1. The molecule has 11 nitrogen and oxygen atoms in total. The van der Waals surface area contributed by atoms with Crippen molar-refractivity contribution in [1.82, 2.24) is 30.0 Å². The van der Waals surface area contributed by atoms with Gasteiger partial charge in [-0.05, 0) is 30.2 Å². The van der Waals surface area contributed by atoms with E-state index >= 15 is 0 Å². The number of rotatable bonds is 9. The molecule has 0 radical (unpaired) electrons. The molecule has 0 fully saturated rings. The van der Waals surface area contributed by atoms with Gasteiger partial charge in [0, 0.05) is 29.9 Å². The Morgan fingerprint density at radius 1 is 1.18 bits per heavy atom. The first kappa shape index (κ1) is 26.9. The van der Waals surface area contributed by atoms with Gasteiger partial charge in [0.05, 0.1) is 35.3 Å². The molecule has 0 saturated heterocycles. The standard InChI is InChI=1S/C26H30N8O3S/c1-15-9-16(5-6-17(15)10-29-22(35)21-12-30-24(38-21)26(2,3)4)20-7-8-28-25(33-20)32-18-11-31-34(13-18)14-19(27)23(36)37/h5-9,11-13,19H,10,14,27H2,1-4H3,(H,29,35)(H,36,37)(H,28,32,33). The second-order valence-electron chi connectivity index (χ2n) is 9.89. The summed E-state index contributed by atoms with van der Waals surface area (Å²) in [4.78, 5) is 37.4. The summed E-state index contributed by atoms with van der Waals surface area (Å²) in [7, 11) is 0. The lowest BCUT2D eigenvalue weighted by atomic mass is 9.98. The van der Waals surface area contributed by atoms with Gasteiger partial charge in [-0.3, -0.25) is 14.3 Å². The zero-order valence-electron chi connectivity index (χ0n) is 21.6. The van der Waals surface area contributed by atoms with Crippen molar-refractivity contribution in [3.63, 3.8) is 0 Å². The highest BCUT2D eigenvalue weighted by atomic mass is 32.1. The van der Waals surface area contributed by atoms with Gasteiger partial charge in [0.2, 0.25) is 5.95 Å². The second-order valence-corrected chi connectivity index (χ2v) is 10.9. The zero-order chi connectivity index (χ0) is 27.4. The number of carbonyl (C=O) groups excluding carboxylic acids is 1. The number of nitrogens with one attached hydrogen (secondary N) is 2. The number of hydrogen-bond acceptors (Lipinski definition) is 9. The third kappa shape index (κ3) is 6.58. The van der Waals surface area contributed by atoms with E-state index in [0.717, 1.165) is 27.4 Å². The predicted molar refractivity (Wildman–Crippen MR) is 145 cm³/mol. The van der Waals surface area contributed by atoms with Crippen LogP contribution in [0.2, 0.25) is 0 Å². The number of carboxylic acids is 1. The molecule has 5 N–H and O–H groups in total. The maximum atomic E-state index is 12.6. The summed E-state index contributed by atoms with van der Waals surface area (Å²) in [6, 6.07) is 6.71. The third-order valence-corrected chi connectivity index (χ3v) is 7.12. The van der Waals surface area contributed by atoms with E-state index in [2.05, 4.69) is 51.5 Å². The van der Waals surface area contributed by atoms with Gasteiger partial charge in [-0.2, -0.15) is 5.10 Å². The quantitative estimate of drug-likeness (QED) is 0.252. The van der Waals surface area contributed by atoms with Crippen LogP contribution in [-0.2, 0) is 23.3 Å². The van der Waals surface area contributed by atoms with Crippen LogP contribution in [0.25, 0.3) is 11.3 Å². The molecule has 3 heterocycles. The lowest BCUT2D eigenvalue weighted by Crippen LogP contribution is -2.34. The van der Waals surface area contributed by atoms with Crippen molar-refractivity contribution < 1.29 is 14.7 Å². The smallest absolute Gasteiger partial charge is 0.322 e. The minimum absolute atomic E-state index is 0.0478. The number of aromatic nitrogens is 5. The summed E-state index contributed by atoms with van der Waals surface area (Å²) in [5, 5.41) is 20.1. The average Bonchev–Trinajstić information content (AvgIpc) is 3.53. The van der Waals surface area contributed by atoms with Gasteiger partial charge in [-0.25, -0.2) is 15.0 Å². The minimum atomic E-state index is -1.09. The van der Waals surface area contributed by atoms with Crippen molar-refractivity contribution in [1.29, 1.82) is 0 Å². The van der Waals surface area contributed by atoms with E-state index in [1.54, 1.807) is 24.8 Å². The Hall–Kier alpha value is -4.16. The van der Waals surface area contributed by atoms with E-state index < -0.39 is 12.0 Å². The highest BCUT2D eigenvalue weighted by Gasteiger charge is 2.20.